The van der Waals surface area contributed by atoms with Gasteiger partial charge in [0.2, 0.25) is 0 Å². The molecule has 0 aliphatic heterocycles. The van der Waals surface area contributed by atoms with Crippen LogP contribution in [0.3, 0.4) is 0 Å². The summed E-state index contributed by atoms with van der Waals surface area (Å²) in [5.41, 5.74) is 24.8. The topological polar surface area (TPSA) is 54.1 Å². The number of nitrogens with zero attached hydrogens (tertiary/aromatic N) is 4. The van der Waals surface area contributed by atoms with Crippen LogP contribution in [0.25, 0.3) is 44.5 Å². The molecule has 0 fully saturated rings. The van der Waals surface area contributed by atoms with Crippen molar-refractivity contribution in [3.63, 3.8) is 0 Å². The molecule has 1 unspecified atom stereocenters. The molecule has 0 saturated heterocycles. The molecule has 1 atom stereocenters. The summed E-state index contributed by atoms with van der Waals surface area (Å²) in [6.07, 6.45) is 6.42. The van der Waals surface area contributed by atoms with Crippen molar-refractivity contribution in [1.29, 1.82) is 10.5 Å². The van der Waals surface area contributed by atoms with Gasteiger partial charge in [0.15, 0.2) is 0 Å². The summed E-state index contributed by atoms with van der Waals surface area (Å²) in [5, 5.41) is 19.1. The zero-order valence-corrected chi connectivity index (χ0v) is 38.5. The fraction of sp³-hybridized carbons (Fsp3) is 0.0769. The monoisotopic (exact) mass is 882 g/mol. The lowest BCUT2D eigenvalue weighted by Gasteiger charge is -2.31. The van der Waals surface area contributed by atoms with Crippen LogP contribution >= 0.6 is 0 Å². The predicted octanol–water partition coefficient (Wildman–Crippen LogP) is 16.6. The Kier molecular flexibility index (Phi) is 10.1. The Morgan fingerprint density at radius 1 is 0.377 bits per heavy atom. The van der Waals surface area contributed by atoms with Crippen molar-refractivity contribution < 1.29 is 0 Å². The third-order valence-corrected chi connectivity index (χ3v) is 14.4. The van der Waals surface area contributed by atoms with E-state index in [1.807, 2.05) is 36.4 Å². The third kappa shape index (κ3) is 6.72. The van der Waals surface area contributed by atoms with Crippen molar-refractivity contribution in [3.05, 3.63) is 269 Å². The van der Waals surface area contributed by atoms with Gasteiger partial charge in [0.1, 0.15) is 0 Å². The van der Waals surface area contributed by atoms with Crippen molar-refractivity contribution in [2.24, 2.45) is 0 Å². The highest BCUT2D eigenvalue weighted by molar-refractivity contribution is 6.03. The maximum Gasteiger partial charge on any atom is 0.0991 e. The van der Waals surface area contributed by atoms with E-state index < -0.39 is 5.41 Å². The highest BCUT2D eigenvalue weighted by Gasteiger charge is 2.52. The van der Waals surface area contributed by atoms with Gasteiger partial charge >= 0.3 is 0 Å². The fourth-order valence-electron chi connectivity index (χ4n) is 11.2. The minimum atomic E-state index is -0.521. The van der Waals surface area contributed by atoms with Crippen LogP contribution in [-0.2, 0) is 5.41 Å². The molecule has 69 heavy (non-hydrogen) atoms. The molecule has 0 heterocycles. The molecule has 326 valence electrons. The number of benzene rings is 9. The lowest BCUT2D eigenvalue weighted by molar-refractivity contribution is 0.794. The van der Waals surface area contributed by atoms with Crippen LogP contribution < -0.4 is 9.80 Å². The molecule has 0 amide bonds. The summed E-state index contributed by atoms with van der Waals surface area (Å²) in [4.78, 5) is 4.58. The Morgan fingerprint density at radius 2 is 0.768 bits per heavy atom. The zero-order valence-electron chi connectivity index (χ0n) is 38.5. The van der Waals surface area contributed by atoms with E-state index in [0.717, 1.165) is 52.4 Å². The summed E-state index contributed by atoms with van der Waals surface area (Å²) >= 11 is 0. The van der Waals surface area contributed by atoms with Crippen molar-refractivity contribution in [2.45, 2.75) is 32.1 Å². The average molecular weight is 883 g/mol. The molecule has 4 heteroatoms. The number of nitriles is 2. The molecule has 3 aliphatic carbocycles. The number of allylic oxidation sites excluding steroid dienone is 4. The van der Waals surface area contributed by atoms with Gasteiger partial charge in [-0.25, -0.2) is 0 Å². The Hall–Kier alpha value is -8.96. The van der Waals surface area contributed by atoms with Crippen molar-refractivity contribution in [3.8, 4) is 56.6 Å². The van der Waals surface area contributed by atoms with Gasteiger partial charge in [0, 0.05) is 34.1 Å². The van der Waals surface area contributed by atoms with Gasteiger partial charge in [-0.2, -0.15) is 10.5 Å². The second-order valence-corrected chi connectivity index (χ2v) is 18.4. The van der Waals surface area contributed by atoms with Gasteiger partial charge in [0.05, 0.1) is 28.7 Å². The first-order valence-electron chi connectivity index (χ1n) is 23.7. The van der Waals surface area contributed by atoms with Crippen LogP contribution in [0, 0.1) is 29.6 Å². The van der Waals surface area contributed by atoms with Crippen molar-refractivity contribution in [2.75, 3.05) is 9.80 Å². The number of anilines is 5. The van der Waals surface area contributed by atoms with E-state index in [0.29, 0.717) is 11.1 Å². The van der Waals surface area contributed by atoms with Gasteiger partial charge in [-0.3, -0.25) is 0 Å². The number of fused-ring (bicyclic) bond motifs is 10. The van der Waals surface area contributed by atoms with Crippen LogP contribution in [-0.4, -0.2) is 0 Å². The minimum Gasteiger partial charge on any atom is -0.314 e. The SMILES string of the molecule is CC1=CC=C(N(c2ccc(C#N)cc2)c2ccc(-c3cccc4c3-c3ccccc3C43c4ccccc4-c4c(-c5ccc(N(c6ccc(C)cc6)c6ccc(C#N)cc6)cc5)cccc43)cc2)CC1. The van der Waals surface area contributed by atoms with Crippen LogP contribution in [0.15, 0.2) is 230 Å². The van der Waals surface area contributed by atoms with E-state index in [4.69, 9.17) is 0 Å². The molecule has 9 aromatic carbocycles. The van der Waals surface area contributed by atoms with Crippen LogP contribution in [0.1, 0.15) is 58.7 Å². The molecular weight excluding hydrogens is 837 g/mol. The maximum absolute atomic E-state index is 9.56. The molecule has 1 spiro atoms. The molecule has 0 bridgehead atoms. The van der Waals surface area contributed by atoms with Crippen LogP contribution in [0.2, 0.25) is 0 Å². The Labute approximate surface area is 404 Å². The standard InChI is InChI=1S/C65H46N4/c1-43-17-29-49(30-18-43)68(51-33-21-45(41-66)22-34-51)53-37-25-47(26-38-53)55-11-7-15-61-63(55)57-9-3-5-13-59(57)65(61)60-14-6-4-10-58(60)64-56(12-8-16-62(64)65)48-27-39-54(40-28-48)69(50-31-19-44(2)20-32-50)52-35-23-46(42-67)24-36-52/h3-19,21-31,33-40H,20,32H2,1-2H3. The lowest BCUT2D eigenvalue weighted by atomic mass is 9.70. The quantitative estimate of drug-likeness (QED) is 0.153. The van der Waals surface area contributed by atoms with Crippen molar-refractivity contribution in [1.82, 2.24) is 0 Å². The van der Waals surface area contributed by atoms with Gasteiger partial charge in [0.25, 0.3) is 0 Å². The smallest absolute Gasteiger partial charge is 0.0991 e. The van der Waals surface area contributed by atoms with E-state index in [1.165, 1.54) is 72.5 Å². The molecule has 0 aromatic heterocycles. The van der Waals surface area contributed by atoms with E-state index in [1.54, 1.807) is 0 Å². The molecule has 3 aliphatic rings. The first kappa shape index (κ1) is 41.5. The van der Waals surface area contributed by atoms with Crippen molar-refractivity contribution >= 4 is 28.4 Å². The van der Waals surface area contributed by atoms with E-state index in [2.05, 4.69) is 218 Å². The Balaban J connectivity index is 0.973. The number of aryl methyl sites for hydroxylation is 1. The summed E-state index contributed by atoms with van der Waals surface area (Å²) in [6, 6.07) is 78.7. The molecule has 0 N–H and O–H groups in total. The lowest BCUT2D eigenvalue weighted by Crippen LogP contribution is -2.25. The second kappa shape index (κ2) is 16.7. The Bertz CT molecular complexity index is 3620. The number of hydrogen-bond acceptors (Lipinski definition) is 4. The summed E-state index contributed by atoms with van der Waals surface area (Å²) in [6.45, 7) is 4.30. The van der Waals surface area contributed by atoms with E-state index >= 15 is 0 Å². The maximum atomic E-state index is 9.56. The van der Waals surface area contributed by atoms with Gasteiger partial charge in [-0.05, 0) is 184 Å². The molecule has 0 radical (unpaired) electrons. The predicted molar refractivity (Wildman–Crippen MR) is 282 cm³/mol. The molecule has 4 nitrogen and oxygen atoms in total. The molecule has 0 saturated carbocycles. The highest BCUT2D eigenvalue weighted by atomic mass is 15.2. The summed E-state index contributed by atoms with van der Waals surface area (Å²) < 4.78 is 0. The van der Waals surface area contributed by atoms with E-state index in [9.17, 15) is 10.5 Å². The third-order valence-electron chi connectivity index (χ3n) is 14.4. The first-order chi connectivity index (χ1) is 33.9. The highest BCUT2D eigenvalue weighted by Crippen LogP contribution is 2.65. The summed E-state index contributed by atoms with van der Waals surface area (Å²) in [5.74, 6) is 0. The Morgan fingerprint density at radius 3 is 1.20 bits per heavy atom. The largest absolute Gasteiger partial charge is 0.314 e. The first-order valence-corrected chi connectivity index (χ1v) is 23.7. The van der Waals surface area contributed by atoms with Gasteiger partial charge in [-0.1, -0.05) is 139 Å². The molecule has 12 rings (SSSR count). The normalized spacial score (nSPS) is 14.9. The van der Waals surface area contributed by atoms with Gasteiger partial charge < -0.3 is 9.80 Å². The van der Waals surface area contributed by atoms with Crippen LogP contribution in [0.5, 0.6) is 0 Å². The van der Waals surface area contributed by atoms with Gasteiger partial charge in [-0.15, -0.1) is 0 Å². The second-order valence-electron chi connectivity index (χ2n) is 18.4. The molecule has 9 aromatic rings. The van der Waals surface area contributed by atoms with Crippen LogP contribution in [0.4, 0.5) is 28.4 Å². The number of hydrogen-bond donors (Lipinski definition) is 0. The zero-order chi connectivity index (χ0) is 46.6. The average Bonchev–Trinajstić information content (AvgIpc) is 3.88. The minimum absolute atomic E-state index is 0.521. The fourth-order valence-corrected chi connectivity index (χ4v) is 11.2. The van der Waals surface area contributed by atoms with E-state index in [-0.39, 0.29) is 0 Å². The summed E-state index contributed by atoms with van der Waals surface area (Å²) in [7, 11) is 0. The molecular formula is C65H46N4. The number of rotatable bonds is 8.